The van der Waals surface area contributed by atoms with Crippen molar-refractivity contribution in [3.63, 3.8) is 0 Å². The first-order chi connectivity index (χ1) is 10.2. The molecule has 116 valence electrons. The monoisotopic (exact) mass is 294 g/mol. The number of nitrogens with zero attached hydrogens (tertiary/aromatic N) is 1. The number of rotatable bonds is 7. The van der Waals surface area contributed by atoms with Gasteiger partial charge in [0.1, 0.15) is 5.82 Å². The van der Waals surface area contributed by atoms with E-state index in [1.807, 2.05) is 6.92 Å². The maximum Gasteiger partial charge on any atom is 0.239 e. The minimum absolute atomic E-state index is 0.0571. The van der Waals surface area contributed by atoms with E-state index in [1.54, 1.807) is 19.2 Å². The molecule has 1 amide bonds. The van der Waals surface area contributed by atoms with Crippen molar-refractivity contribution in [1.29, 1.82) is 0 Å². The first-order valence-electron chi connectivity index (χ1n) is 7.11. The third kappa shape index (κ3) is 7.29. The largest absolute Gasteiger partial charge is 0.356 e. The summed E-state index contributed by atoms with van der Waals surface area (Å²) >= 11 is 0. The normalized spacial score (nSPS) is 11.1. The zero-order chi connectivity index (χ0) is 15.5. The van der Waals surface area contributed by atoms with Crippen LogP contribution < -0.4 is 16.0 Å². The summed E-state index contributed by atoms with van der Waals surface area (Å²) in [6, 6.07) is 6.40. The van der Waals surface area contributed by atoms with Crippen LogP contribution in [0.1, 0.15) is 18.9 Å². The van der Waals surface area contributed by atoms with Crippen LogP contribution in [0, 0.1) is 5.82 Å². The Kier molecular flexibility index (Phi) is 7.86. The van der Waals surface area contributed by atoms with Gasteiger partial charge in [-0.2, -0.15) is 0 Å². The molecule has 6 heteroatoms. The van der Waals surface area contributed by atoms with E-state index in [0.29, 0.717) is 19.0 Å². The lowest BCUT2D eigenvalue weighted by atomic mass is 10.1. The number of amides is 1. The van der Waals surface area contributed by atoms with Crippen LogP contribution in [-0.4, -0.2) is 38.5 Å². The average Bonchev–Trinajstić information content (AvgIpc) is 2.50. The molecule has 0 aliphatic rings. The molecule has 1 aromatic carbocycles. The van der Waals surface area contributed by atoms with Crippen LogP contribution in [0.25, 0.3) is 0 Å². The zero-order valence-corrected chi connectivity index (χ0v) is 12.6. The summed E-state index contributed by atoms with van der Waals surface area (Å²) in [6.45, 7) is 3.53. The molecule has 0 aromatic heterocycles. The fourth-order valence-electron chi connectivity index (χ4n) is 1.69. The van der Waals surface area contributed by atoms with E-state index in [9.17, 15) is 9.18 Å². The summed E-state index contributed by atoms with van der Waals surface area (Å²) in [6.07, 6.45) is 1.67. The van der Waals surface area contributed by atoms with Crippen LogP contribution in [0.15, 0.2) is 29.3 Å². The fraction of sp³-hybridized carbons (Fsp3) is 0.467. The van der Waals surface area contributed by atoms with E-state index in [2.05, 4.69) is 20.9 Å². The Morgan fingerprint density at radius 2 is 1.86 bits per heavy atom. The van der Waals surface area contributed by atoms with Gasteiger partial charge in [0.2, 0.25) is 5.91 Å². The summed E-state index contributed by atoms with van der Waals surface area (Å²) in [5.41, 5.74) is 1.04. The van der Waals surface area contributed by atoms with E-state index < -0.39 is 0 Å². The molecule has 0 saturated heterocycles. The van der Waals surface area contributed by atoms with Gasteiger partial charge in [0.25, 0.3) is 0 Å². The number of carbonyl (C=O) groups is 1. The van der Waals surface area contributed by atoms with Gasteiger partial charge >= 0.3 is 0 Å². The lowest BCUT2D eigenvalue weighted by molar-refractivity contribution is -0.120. The van der Waals surface area contributed by atoms with Gasteiger partial charge in [-0.1, -0.05) is 19.1 Å². The maximum atomic E-state index is 12.8. The highest BCUT2D eigenvalue weighted by Gasteiger charge is 2.02. The second-order valence-electron chi connectivity index (χ2n) is 4.58. The molecule has 5 nitrogen and oxygen atoms in total. The van der Waals surface area contributed by atoms with E-state index in [1.165, 1.54) is 12.1 Å². The standard InChI is InChI=1S/C15H23FN4O/c1-3-9-18-14(21)11-20-15(17-2)19-10-8-12-4-6-13(16)7-5-12/h4-7H,3,8-11H2,1-2H3,(H,18,21)(H2,17,19,20). The molecule has 0 bridgehead atoms. The van der Waals surface area contributed by atoms with Gasteiger partial charge in [0.05, 0.1) is 6.54 Å². The van der Waals surface area contributed by atoms with E-state index in [-0.39, 0.29) is 18.3 Å². The Morgan fingerprint density at radius 3 is 2.48 bits per heavy atom. The first-order valence-corrected chi connectivity index (χ1v) is 7.11. The van der Waals surface area contributed by atoms with Crippen molar-refractivity contribution in [2.24, 2.45) is 4.99 Å². The smallest absolute Gasteiger partial charge is 0.239 e. The first kappa shape index (κ1) is 16.9. The Balaban J connectivity index is 2.25. The number of nitrogens with one attached hydrogen (secondary N) is 3. The van der Waals surface area contributed by atoms with Crippen molar-refractivity contribution < 1.29 is 9.18 Å². The van der Waals surface area contributed by atoms with Crippen LogP contribution in [0.5, 0.6) is 0 Å². The second kappa shape index (κ2) is 9.74. The SMILES string of the molecule is CCCNC(=O)CNC(=NC)NCCc1ccc(F)cc1. The minimum Gasteiger partial charge on any atom is -0.356 e. The predicted octanol–water partition coefficient (Wildman–Crippen LogP) is 1.06. The van der Waals surface area contributed by atoms with E-state index in [0.717, 1.165) is 18.4 Å². The quantitative estimate of drug-likeness (QED) is 0.520. The number of halogens is 1. The molecule has 3 N–H and O–H groups in total. The van der Waals surface area contributed by atoms with Crippen molar-refractivity contribution >= 4 is 11.9 Å². The average molecular weight is 294 g/mol. The van der Waals surface area contributed by atoms with Gasteiger partial charge in [0, 0.05) is 20.1 Å². The summed E-state index contributed by atoms with van der Waals surface area (Å²) in [5, 5.41) is 8.83. The number of hydrogen-bond acceptors (Lipinski definition) is 2. The molecule has 0 fully saturated rings. The zero-order valence-electron chi connectivity index (χ0n) is 12.6. The molecule has 0 heterocycles. The summed E-state index contributed by atoms with van der Waals surface area (Å²) in [4.78, 5) is 15.5. The maximum absolute atomic E-state index is 12.8. The number of carbonyl (C=O) groups excluding carboxylic acids is 1. The molecule has 0 unspecified atom stereocenters. The Bertz CT molecular complexity index is 459. The predicted molar refractivity (Wildman–Crippen MR) is 82.8 cm³/mol. The molecular formula is C15H23FN4O. The van der Waals surface area contributed by atoms with E-state index >= 15 is 0 Å². The summed E-state index contributed by atoms with van der Waals surface area (Å²) in [5.74, 6) is 0.282. The molecule has 0 saturated carbocycles. The van der Waals surface area contributed by atoms with Crippen molar-refractivity contribution in [3.05, 3.63) is 35.6 Å². The topological polar surface area (TPSA) is 65.5 Å². The molecule has 1 rings (SSSR count). The Morgan fingerprint density at radius 1 is 1.14 bits per heavy atom. The number of hydrogen-bond donors (Lipinski definition) is 3. The summed E-state index contributed by atoms with van der Waals surface area (Å²) < 4.78 is 12.8. The molecule has 0 atom stereocenters. The van der Waals surface area contributed by atoms with Crippen molar-refractivity contribution in [3.8, 4) is 0 Å². The Labute approximate surface area is 125 Å². The van der Waals surface area contributed by atoms with Gasteiger partial charge in [0.15, 0.2) is 5.96 Å². The lowest BCUT2D eigenvalue weighted by Gasteiger charge is -2.11. The van der Waals surface area contributed by atoms with Gasteiger partial charge < -0.3 is 16.0 Å². The van der Waals surface area contributed by atoms with Gasteiger partial charge in [-0.15, -0.1) is 0 Å². The lowest BCUT2D eigenvalue weighted by Crippen LogP contribution is -2.43. The molecule has 0 aliphatic carbocycles. The molecular weight excluding hydrogens is 271 g/mol. The number of aliphatic imine (C=N–C) groups is 1. The van der Waals surface area contributed by atoms with Gasteiger partial charge in [-0.25, -0.2) is 4.39 Å². The van der Waals surface area contributed by atoms with Crippen LogP contribution in [0.4, 0.5) is 4.39 Å². The highest BCUT2D eigenvalue weighted by atomic mass is 19.1. The van der Waals surface area contributed by atoms with Crippen molar-refractivity contribution in [2.75, 3.05) is 26.7 Å². The van der Waals surface area contributed by atoms with Crippen LogP contribution >= 0.6 is 0 Å². The fourth-order valence-corrected chi connectivity index (χ4v) is 1.69. The molecule has 0 aliphatic heterocycles. The highest BCUT2D eigenvalue weighted by Crippen LogP contribution is 2.02. The second-order valence-corrected chi connectivity index (χ2v) is 4.58. The van der Waals surface area contributed by atoms with E-state index in [4.69, 9.17) is 0 Å². The van der Waals surface area contributed by atoms with Crippen molar-refractivity contribution in [2.45, 2.75) is 19.8 Å². The van der Waals surface area contributed by atoms with Crippen LogP contribution in [0.2, 0.25) is 0 Å². The third-order valence-electron chi connectivity index (χ3n) is 2.83. The van der Waals surface area contributed by atoms with Gasteiger partial charge in [-0.05, 0) is 30.5 Å². The third-order valence-corrected chi connectivity index (χ3v) is 2.83. The van der Waals surface area contributed by atoms with Crippen molar-refractivity contribution in [1.82, 2.24) is 16.0 Å². The molecule has 0 spiro atoms. The number of guanidine groups is 1. The van der Waals surface area contributed by atoms with Crippen LogP contribution in [-0.2, 0) is 11.2 Å². The van der Waals surface area contributed by atoms with Gasteiger partial charge in [-0.3, -0.25) is 9.79 Å². The summed E-state index contributed by atoms with van der Waals surface area (Å²) in [7, 11) is 1.65. The minimum atomic E-state index is -0.234. The highest BCUT2D eigenvalue weighted by molar-refractivity contribution is 5.86. The van der Waals surface area contributed by atoms with Crippen LogP contribution in [0.3, 0.4) is 0 Å². The molecule has 0 radical (unpaired) electrons. The molecule has 1 aromatic rings. The number of benzene rings is 1. The molecule has 21 heavy (non-hydrogen) atoms. The Hall–Kier alpha value is -2.11.